The van der Waals surface area contributed by atoms with Gasteiger partial charge in [-0.3, -0.25) is 0 Å². The summed E-state index contributed by atoms with van der Waals surface area (Å²) in [4.78, 5) is 2.52. The van der Waals surface area contributed by atoms with Gasteiger partial charge < -0.3 is 4.90 Å². The van der Waals surface area contributed by atoms with Crippen LogP contribution in [-0.2, 0) is 0 Å². The lowest BCUT2D eigenvalue weighted by Crippen LogP contribution is -2.30. The highest BCUT2D eigenvalue weighted by atomic mass is 15.2. The van der Waals surface area contributed by atoms with Crippen LogP contribution in [0.5, 0.6) is 0 Å². The molecule has 0 heterocycles. The molecule has 0 radical (unpaired) electrons. The fraction of sp³-hybridized carbons (Fsp3) is 0.207. The van der Waals surface area contributed by atoms with E-state index in [1.165, 1.54) is 72.6 Å². The van der Waals surface area contributed by atoms with Crippen LogP contribution in [0.15, 0.2) is 206 Å². The normalized spacial score (nSPS) is 20.4. The van der Waals surface area contributed by atoms with Gasteiger partial charge in [-0.1, -0.05) is 189 Å². The summed E-state index contributed by atoms with van der Waals surface area (Å²) < 4.78 is 0. The van der Waals surface area contributed by atoms with Gasteiger partial charge in [-0.25, -0.2) is 0 Å². The van der Waals surface area contributed by atoms with E-state index < -0.39 is 0 Å². The van der Waals surface area contributed by atoms with Crippen LogP contribution in [-0.4, -0.2) is 6.04 Å². The van der Waals surface area contributed by atoms with Crippen molar-refractivity contribution in [3.8, 4) is 22.3 Å². The average Bonchev–Trinajstić information content (AvgIpc) is 3.53. The van der Waals surface area contributed by atoms with Gasteiger partial charge in [0.1, 0.15) is 0 Å². The average molecular weight is 766 g/mol. The molecule has 0 amide bonds. The first-order chi connectivity index (χ1) is 29.1. The van der Waals surface area contributed by atoms with Crippen LogP contribution < -0.4 is 4.90 Å². The van der Waals surface area contributed by atoms with Crippen LogP contribution in [0.25, 0.3) is 33.4 Å². The van der Waals surface area contributed by atoms with Gasteiger partial charge in [-0.2, -0.15) is 0 Å². The number of nitrogens with zero attached hydrogens (tertiary/aromatic N) is 1. The zero-order valence-corrected chi connectivity index (χ0v) is 34.7. The molecule has 3 aliphatic rings. The molecule has 3 aliphatic carbocycles. The molecule has 0 spiro atoms. The predicted molar refractivity (Wildman–Crippen MR) is 252 cm³/mol. The highest BCUT2D eigenvalue weighted by Crippen LogP contribution is 2.54. The third kappa shape index (κ3) is 7.87. The molecule has 0 aliphatic heterocycles. The zero-order chi connectivity index (χ0) is 40.1. The maximum absolute atomic E-state index is 2.53. The smallest absolute Gasteiger partial charge is 0.0497 e. The molecule has 1 heteroatoms. The zero-order valence-electron chi connectivity index (χ0n) is 34.7. The Morgan fingerprint density at radius 1 is 0.661 bits per heavy atom. The Labute approximate surface area is 352 Å². The van der Waals surface area contributed by atoms with E-state index in [-0.39, 0.29) is 6.04 Å². The Balaban J connectivity index is 1.00. The third-order valence-corrected chi connectivity index (χ3v) is 13.2. The van der Waals surface area contributed by atoms with Crippen molar-refractivity contribution >= 4 is 16.8 Å². The second kappa shape index (κ2) is 17.4. The van der Waals surface area contributed by atoms with E-state index in [1.807, 2.05) is 0 Å². The van der Waals surface area contributed by atoms with Crippen LogP contribution in [0, 0.1) is 5.92 Å². The highest BCUT2D eigenvalue weighted by Gasteiger charge is 2.35. The number of allylic oxidation sites excluding steroid dienone is 8. The number of benzene rings is 6. The molecule has 59 heavy (non-hydrogen) atoms. The van der Waals surface area contributed by atoms with Crippen LogP contribution >= 0.6 is 0 Å². The van der Waals surface area contributed by atoms with Crippen molar-refractivity contribution in [3.63, 3.8) is 0 Å². The van der Waals surface area contributed by atoms with Gasteiger partial charge in [0, 0.05) is 23.3 Å². The first kappa shape index (κ1) is 38.3. The lowest BCUT2D eigenvalue weighted by molar-refractivity contribution is 0.469. The van der Waals surface area contributed by atoms with E-state index in [1.54, 1.807) is 0 Å². The summed E-state index contributed by atoms with van der Waals surface area (Å²) in [6.45, 7) is 6.84. The summed E-state index contributed by atoms with van der Waals surface area (Å²) in [5.74, 6) is 1.95. The Kier molecular flexibility index (Phi) is 11.3. The minimum absolute atomic E-state index is 0.104. The van der Waals surface area contributed by atoms with Crippen molar-refractivity contribution < 1.29 is 0 Å². The summed E-state index contributed by atoms with van der Waals surface area (Å²) in [6.07, 6.45) is 21.2. The lowest BCUT2D eigenvalue weighted by Gasteiger charge is -2.38. The second-order valence-electron chi connectivity index (χ2n) is 16.6. The van der Waals surface area contributed by atoms with Crippen LogP contribution in [0.1, 0.15) is 92.0 Å². The summed E-state index contributed by atoms with van der Waals surface area (Å²) >= 11 is 0. The molecule has 0 aromatic heterocycles. The molecule has 5 unspecified atom stereocenters. The molecule has 6 aromatic rings. The van der Waals surface area contributed by atoms with E-state index in [0.717, 1.165) is 25.7 Å². The van der Waals surface area contributed by atoms with Crippen molar-refractivity contribution in [2.45, 2.75) is 70.3 Å². The summed E-state index contributed by atoms with van der Waals surface area (Å²) in [5.41, 5.74) is 17.5. The lowest BCUT2D eigenvalue weighted by atomic mass is 9.65. The molecule has 5 atom stereocenters. The van der Waals surface area contributed by atoms with Crippen LogP contribution in [0.4, 0.5) is 5.69 Å². The number of hydrogen-bond acceptors (Lipinski definition) is 1. The fourth-order valence-electron chi connectivity index (χ4n) is 10.1. The standard InChI is InChI=1S/C58H55N/c1-4-42(47-21-16-22-48(39-47)49-32-37-57-55-25-13-12-23-53(55)54-24-14-15-26-56(54)58(57)40-49)28-27-41(3)59(50-34-30-45(31-35-50)44-17-8-6-9-18-44)51-33-29-43(5-2)52(38-36-51)46-19-10-7-11-20-46/h4,6-28,30-36,38-39,41,43,52,57-58H,5,29,37,40H2,1-3H3/b28-27-,42-4+. The topological polar surface area (TPSA) is 3.24 Å². The van der Waals surface area contributed by atoms with Gasteiger partial charge in [0.2, 0.25) is 0 Å². The molecule has 0 saturated carbocycles. The van der Waals surface area contributed by atoms with E-state index in [9.17, 15) is 0 Å². The van der Waals surface area contributed by atoms with E-state index >= 15 is 0 Å². The van der Waals surface area contributed by atoms with Crippen LogP contribution in [0.2, 0.25) is 0 Å². The number of hydrogen-bond donors (Lipinski definition) is 0. The summed E-state index contributed by atoms with van der Waals surface area (Å²) in [6, 6.07) is 58.4. The van der Waals surface area contributed by atoms with Crippen molar-refractivity contribution in [2.24, 2.45) is 5.92 Å². The Bertz CT molecular complexity index is 2550. The molecule has 0 fully saturated rings. The van der Waals surface area contributed by atoms with Crippen LogP contribution in [0.3, 0.4) is 0 Å². The highest BCUT2D eigenvalue weighted by molar-refractivity contribution is 5.81. The van der Waals surface area contributed by atoms with E-state index in [0.29, 0.717) is 23.7 Å². The van der Waals surface area contributed by atoms with Crippen molar-refractivity contribution in [3.05, 3.63) is 234 Å². The summed E-state index contributed by atoms with van der Waals surface area (Å²) in [5, 5.41) is 0. The molecule has 292 valence electrons. The van der Waals surface area contributed by atoms with Gasteiger partial charge in [-0.05, 0) is 136 Å². The molecule has 1 nitrogen and oxygen atoms in total. The second-order valence-corrected chi connectivity index (χ2v) is 16.6. The van der Waals surface area contributed by atoms with Gasteiger partial charge in [-0.15, -0.1) is 0 Å². The SMILES string of the molecule is C/C=C(\C=C/C(C)N(C1=CCC(CC)C(c2ccccc2)C=C1)c1ccc(-c2ccccc2)cc1)c1cccc(C2=CCC3c4ccccc4-c4ccccc4C3C2)c1. The molecule has 0 saturated heterocycles. The Morgan fingerprint density at radius 3 is 2.02 bits per heavy atom. The number of rotatable bonds is 10. The molecule has 6 aromatic carbocycles. The minimum atomic E-state index is 0.104. The molecular weight excluding hydrogens is 711 g/mol. The number of anilines is 1. The third-order valence-electron chi connectivity index (χ3n) is 13.2. The van der Waals surface area contributed by atoms with Crippen molar-refractivity contribution in [1.29, 1.82) is 0 Å². The number of fused-ring (bicyclic) bond motifs is 6. The largest absolute Gasteiger partial charge is 0.335 e. The quantitative estimate of drug-likeness (QED) is 0.126. The van der Waals surface area contributed by atoms with E-state index in [2.05, 4.69) is 226 Å². The van der Waals surface area contributed by atoms with Gasteiger partial charge in [0.05, 0.1) is 0 Å². The minimum Gasteiger partial charge on any atom is -0.335 e. The first-order valence-corrected chi connectivity index (χ1v) is 21.8. The monoisotopic (exact) mass is 765 g/mol. The summed E-state index contributed by atoms with van der Waals surface area (Å²) in [7, 11) is 0. The fourth-order valence-corrected chi connectivity index (χ4v) is 10.1. The Hall–Kier alpha value is -6.18. The molecule has 0 bridgehead atoms. The van der Waals surface area contributed by atoms with Crippen molar-refractivity contribution in [1.82, 2.24) is 0 Å². The molecule has 9 rings (SSSR count). The maximum Gasteiger partial charge on any atom is 0.0497 e. The Morgan fingerprint density at radius 2 is 1.31 bits per heavy atom. The molecule has 0 N–H and O–H groups in total. The molecular formula is C58H55N. The predicted octanol–water partition coefficient (Wildman–Crippen LogP) is 15.6. The first-order valence-electron chi connectivity index (χ1n) is 21.8. The maximum atomic E-state index is 2.53. The van der Waals surface area contributed by atoms with Gasteiger partial charge in [0.15, 0.2) is 0 Å². The van der Waals surface area contributed by atoms with Gasteiger partial charge in [0.25, 0.3) is 0 Å². The van der Waals surface area contributed by atoms with Crippen molar-refractivity contribution in [2.75, 3.05) is 4.90 Å². The van der Waals surface area contributed by atoms with E-state index in [4.69, 9.17) is 0 Å². The van der Waals surface area contributed by atoms with Gasteiger partial charge >= 0.3 is 0 Å².